The first-order valence-electron chi connectivity index (χ1n) is 10.0. The van der Waals surface area contributed by atoms with Crippen LogP contribution in [-0.4, -0.2) is 60.1 Å². The quantitative estimate of drug-likeness (QED) is 0.436. The van der Waals surface area contributed by atoms with Gasteiger partial charge in [-0.3, -0.25) is 9.78 Å². The molecule has 0 bridgehead atoms. The molecular formula is C22H19B2N7O. The van der Waals surface area contributed by atoms with Crippen LogP contribution >= 0.6 is 0 Å². The molecule has 4 rings (SSSR count). The van der Waals surface area contributed by atoms with E-state index in [9.17, 15) is 4.79 Å². The second-order valence-corrected chi connectivity index (χ2v) is 7.13. The zero-order valence-corrected chi connectivity index (χ0v) is 17.8. The minimum atomic E-state index is -0.139. The molecule has 32 heavy (non-hydrogen) atoms. The third-order valence-corrected chi connectivity index (χ3v) is 5.03. The lowest BCUT2D eigenvalue weighted by molar-refractivity contribution is 0.0964. The Hall–Kier alpha value is -3.81. The third-order valence-electron chi connectivity index (χ3n) is 5.03. The largest absolute Gasteiger partial charge is 0.370 e. The molecule has 2 N–H and O–H groups in total. The molecule has 10 heteroatoms. The summed E-state index contributed by atoms with van der Waals surface area (Å²) in [6, 6.07) is 9.31. The molecular weight excluding hydrogens is 400 g/mol. The van der Waals surface area contributed by atoms with Gasteiger partial charge in [-0.15, -0.1) is 0 Å². The summed E-state index contributed by atoms with van der Waals surface area (Å²) in [7, 11) is 13.7. The summed E-state index contributed by atoms with van der Waals surface area (Å²) in [5.74, 6) is 0.980. The van der Waals surface area contributed by atoms with Gasteiger partial charge in [0.25, 0.3) is 5.91 Å². The van der Waals surface area contributed by atoms with E-state index in [1.807, 2.05) is 18.2 Å². The number of rotatable bonds is 6. The van der Waals surface area contributed by atoms with Crippen molar-refractivity contribution in [2.45, 2.75) is 13.3 Å². The predicted molar refractivity (Wildman–Crippen MR) is 126 cm³/mol. The summed E-state index contributed by atoms with van der Waals surface area (Å²) in [5, 5.41) is 6.77. The first-order chi connectivity index (χ1) is 15.5. The van der Waals surface area contributed by atoms with Crippen LogP contribution in [0.5, 0.6) is 0 Å². The predicted octanol–water partition coefficient (Wildman–Crippen LogP) is 0.392. The molecule has 4 aromatic rings. The second-order valence-electron chi connectivity index (χ2n) is 7.13. The van der Waals surface area contributed by atoms with Gasteiger partial charge in [-0.05, 0) is 36.2 Å². The van der Waals surface area contributed by atoms with E-state index in [-0.39, 0.29) is 17.1 Å². The second kappa shape index (κ2) is 9.13. The smallest absolute Gasteiger partial charge is 0.251 e. The van der Waals surface area contributed by atoms with Crippen molar-refractivity contribution in [2.24, 2.45) is 0 Å². The number of hydrogen-bond donors (Lipinski definition) is 2. The number of carbonyl (C=O) groups excluding carboxylic acids is 1. The molecule has 0 saturated carbocycles. The summed E-state index contributed by atoms with van der Waals surface area (Å²) in [4.78, 5) is 33.5. The van der Waals surface area contributed by atoms with Gasteiger partial charge in [0.2, 0.25) is 0 Å². The lowest BCUT2D eigenvalue weighted by atomic mass is 9.87. The van der Waals surface area contributed by atoms with E-state index in [1.165, 1.54) is 6.33 Å². The van der Waals surface area contributed by atoms with E-state index in [0.717, 1.165) is 16.5 Å². The number of para-hydroxylation sites is 1. The molecule has 1 amide bonds. The molecule has 1 aromatic carbocycles. The van der Waals surface area contributed by atoms with Gasteiger partial charge in [0.1, 0.15) is 33.7 Å². The molecule has 0 aliphatic rings. The Morgan fingerprint density at radius 2 is 1.84 bits per heavy atom. The Labute approximate surface area is 188 Å². The summed E-state index contributed by atoms with van der Waals surface area (Å²) in [6.07, 6.45) is 3.77. The number of aromatic nitrogens is 5. The van der Waals surface area contributed by atoms with Crippen molar-refractivity contribution in [1.29, 1.82) is 0 Å². The van der Waals surface area contributed by atoms with E-state index in [0.29, 0.717) is 41.4 Å². The average Bonchev–Trinajstić information content (AvgIpc) is 2.78. The van der Waals surface area contributed by atoms with Crippen molar-refractivity contribution < 1.29 is 4.79 Å². The standard InChI is InChI=1S/C22H19B2N7O/c1-12-30-20(23)18(21(24)31-12)16-10-17(29-11-28-16)26-8-6-13-4-3-5-14-15(22(32)25-2)7-9-27-19(13)14/h3-5,7,9-11H,6,8H2,1-2H3,(H,25,32)(H,26,28,29). The van der Waals surface area contributed by atoms with E-state index in [4.69, 9.17) is 15.7 Å². The summed E-state index contributed by atoms with van der Waals surface area (Å²) >= 11 is 0. The normalized spacial score (nSPS) is 10.8. The molecule has 154 valence electrons. The number of aryl methyl sites for hydroxylation is 1. The molecule has 0 aliphatic heterocycles. The highest BCUT2D eigenvalue weighted by Gasteiger charge is 2.12. The average molecular weight is 419 g/mol. The monoisotopic (exact) mass is 419 g/mol. The number of amides is 1. The molecule has 8 nitrogen and oxygen atoms in total. The van der Waals surface area contributed by atoms with Crippen LogP contribution in [0, 0.1) is 6.92 Å². The summed E-state index contributed by atoms with van der Waals surface area (Å²) in [5.41, 5.74) is 4.00. The Balaban J connectivity index is 1.53. The highest BCUT2D eigenvalue weighted by molar-refractivity contribution is 6.41. The van der Waals surface area contributed by atoms with Crippen molar-refractivity contribution >= 4 is 49.5 Å². The number of carbonyl (C=O) groups is 1. The van der Waals surface area contributed by atoms with Gasteiger partial charge < -0.3 is 10.6 Å². The van der Waals surface area contributed by atoms with Crippen molar-refractivity contribution in [3.63, 3.8) is 0 Å². The molecule has 0 saturated heterocycles. The van der Waals surface area contributed by atoms with Crippen LogP contribution in [-0.2, 0) is 6.42 Å². The Kier molecular flexibility index (Phi) is 6.11. The molecule has 0 aliphatic carbocycles. The number of pyridine rings is 1. The van der Waals surface area contributed by atoms with Gasteiger partial charge in [0.15, 0.2) is 0 Å². The molecule has 0 spiro atoms. The Bertz CT molecular complexity index is 1290. The van der Waals surface area contributed by atoms with Crippen LogP contribution in [0.25, 0.3) is 22.2 Å². The number of anilines is 1. The van der Waals surface area contributed by atoms with E-state index < -0.39 is 0 Å². The number of nitrogens with one attached hydrogen (secondary N) is 2. The fourth-order valence-electron chi connectivity index (χ4n) is 3.57. The SMILES string of the molecule is [B]c1nc(C)nc([B])c1-c1cc(NCCc2cccc3c(C(=O)NC)ccnc23)ncn1. The van der Waals surface area contributed by atoms with Crippen molar-refractivity contribution in [3.8, 4) is 11.3 Å². The number of hydrogen-bond acceptors (Lipinski definition) is 7. The zero-order valence-electron chi connectivity index (χ0n) is 17.8. The van der Waals surface area contributed by atoms with Crippen LogP contribution in [0.1, 0.15) is 21.7 Å². The lowest BCUT2D eigenvalue weighted by Gasteiger charge is -2.12. The van der Waals surface area contributed by atoms with E-state index in [2.05, 4.69) is 35.6 Å². The van der Waals surface area contributed by atoms with Crippen LogP contribution in [0.15, 0.2) is 42.9 Å². The zero-order chi connectivity index (χ0) is 22.7. The summed E-state index contributed by atoms with van der Waals surface area (Å²) in [6.45, 7) is 2.32. The van der Waals surface area contributed by atoms with Gasteiger partial charge in [0.05, 0.1) is 16.8 Å². The highest BCUT2D eigenvalue weighted by Crippen LogP contribution is 2.21. The van der Waals surface area contributed by atoms with Crippen LogP contribution in [0.4, 0.5) is 5.82 Å². The van der Waals surface area contributed by atoms with Gasteiger partial charge in [-0.1, -0.05) is 18.2 Å². The lowest BCUT2D eigenvalue weighted by Crippen LogP contribution is -2.27. The van der Waals surface area contributed by atoms with Crippen LogP contribution in [0.3, 0.4) is 0 Å². The molecule has 4 radical (unpaired) electrons. The van der Waals surface area contributed by atoms with E-state index in [1.54, 1.807) is 32.3 Å². The number of nitrogens with zero attached hydrogens (tertiary/aromatic N) is 5. The topological polar surface area (TPSA) is 106 Å². The molecule has 0 atom stereocenters. The minimum absolute atomic E-state index is 0.139. The van der Waals surface area contributed by atoms with Crippen molar-refractivity contribution in [2.75, 3.05) is 18.9 Å². The van der Waals surface area contributed by atoms with E-state index >= 15 is 0 Å². The fourth-order valence-corrected chi connectivity index (χ4v) is 3.57. The third kappa shape index (κ3) is 4.30. The molecule has 3 aromatic heterocycles. The van der Waals surface area contributed by atoms with Gasteiger partial charge in [-0.25, -0.2) is 19.9 Å². The van der Waals surface area contributed by atoms with Gasteiger partial charge in [0, 0.05) is 36.8 Å². The van der Waals surface area contributed by atoms with Crippen molar-refractivity contribution in [1.82, 2.24) is 30.2 Å². The highest BCUT2D eigenvalue weighted by atomic mass is 16.1. The maximum absolute atomic E-state index is 12.2. The number of benzene rings is 1. The maximum Gasteiger partial charge on any atom is 0.251 e. The molecule has 3 heterocycles. The number of fused-ring (bicyclic) bond motifs is 1. The van der Waals surface area contributed by atoms with Crippen molar-refractivity contribution in [3.05, 3.63) is 59.8 Å². The first-order valence-corrected chi connectivity index (χ1v) is 10.0. The fraction of sp³-hybridized carbons (Fsp3) is 0.182. The maximum atomic E-state index is 12.2. The Morgan fingerprint density at radius 1 is 1.06 bits per heavy atom. The van der Waals surface area contributed by atoms with Gasteiger partial charge in [-0.2, -0.15) is 0 Å². The van der Waals surface area contributed by atoms with Crippen LogP contribution < -0.4 is 21.8 Å². The molecule has 0 unspecified atom stereocenters. The summed E-state index contributed by atoms with van der Waals surface area (Å²) < 4.78 is 0. The van der Waals surface area contributed by atoms with Gasteiger partial charge >= 0.3 is 0 Å². The Morgan fingerprint density at radius 3 is 2.59 bits per heavy atom. The first kappa shape index (κ1) is 21.4. The molecule has 0 fully saturated rings. The minimum Gasteiger partial charge on any atom is -0.370 e. The van der Waals surface area contributed by atoms with Crippen LogP contribution in [0.2, 0.25) is 0 Å².